The third-order valence-electron chi connectivity index (χ3n) is 3.74. The Morgan fingerprint density at radius 1 is 1.53 bits per heavy atom. The first-order chi connectivity index (χ1) is 9.01. The summed E-state index contributed by atoms with van der Waals surface area (Å²) < 4.78 is 5.68. The van der Waals surface area contributed by atoms with Crippen LogP contribution in [0.2, 0.25) is 0 Å². The van der Waals surface area contributed by atoms with Gasteiger partial charge in [0.15, 0.2) is 0 Å². The number of rotatable bonds is 5. The molecule has 2 rings (SSSR count). The third-order valence-corrected chi connectivity index (χ3v) is 4.47. The molecular weight excluding hydrogens is 306 g/mol. The highest BCUT2D eigenvalue weighted by atomic mass is 79.9. The highest BCUT2D eigenvalue weighted by Crippen LogP contribution is 2.38. The Kier molecular flexibility index (Phi) is 4.63. The van der Waals surface area contributed by atoms with Crippen molar-refractivity contribution in [3.63, 3.8) is 0 Å². The maximum atomic E-state index is 11.4. The zero-order chi connectivity index (χ0) is 14.0. The van der Waals surface area contributed by atoms with Crippen LogP contribution in [0, 0.1) is 11.8 Å². The molecule has 3 nitrogen and oxygen atoms in total. The number of benzene rings is 1. The Labute approximate surface area is 123 Å². The maximum Gasteiger partial charge on any atom is 0.337 e. The topological polar surface area (TPSA) is 29.5 Å². The first kappa shape index (κ1) is 14.5. The summed E-state index contributed by atoms with van der Waals surface area (Å²) in [5.74, 6) is 1.44. The molecule has 0 radical (unpaired) electrons. The van der Waals surface area contributed by atoms with E-state index in [2.05, 4.69) is 34.8 Å². The molecule has 0 aliphatic heterocycles. The lowest BCUT2D eigenvalue weighted by molar-refractivity contribution is 0.0600. The van der Waals surface area contributed by atoms with Gasteiger partial charge in [-0.15, -0.1) is 0 Å². The van der Waals surface area contributed by atoms with E-state index < -0.39 is 0 Å². The molecular formula is C15H20BrNO2. The summed E-state index contributed by atoms with van der Waals surface area (Å²) in [4.78, 5) is 13.8. The predicted octanol–water partition coefficient (Wildman–Crippen LogP) is 3.32. The van der Waals surface area contributed by atoms with Gasteiger partial charge in [0.2, 0.25) is 0 Å². The van der Waals surface area contributed by atoms with Gasteiger partial charge in [-0.05, 0) is 43.0 Å². The molecule has 0 saturated heterocycles. The van der Waals surface area contributed by atoms with Gasteiger partial charge < -0.3 is 9.64 Å². The molecule has 0 heterocycles. The van der Waals surface area contributed by atoms with E-state index in [1.165, 1.54) is 19.1 Å². The van der Waals surface area contributed by atoms with E-state index in [9.17, 15) is 4.79 Å². The van der Waals surface area contributed by atoms with Crippen molar-refractivity contribution in [2.24, 2.45) is 11.8 Å². The van der Waals surface area contributed by atoms with Gasteiger partial charge in [0.25, 0.3) is 0 Å². The SMILES string of the molecule is COC(=O)c1ccc(CN(C)CC2CC2C)c(Br)c1. The smallest absolute Gasteiger partial charge is 0.337 e. The number of halogens is 1. The zero-order valence-electron chi connectivity index (χ0n) is 11.6. The van der Waals surface area contributed by atoms with Crippen LogP contribution >= 0.6 is 15.9 Å². The molecule has 0 N–H and O–H groups in total. The molecule has 4 heteroatoms. The molecule has 0 amide bonds. The molecule has 1 fully saturated rings. The van der Waals surface area contributed by atoms with E-state index in [-0.39, 0.29) is 5.97 Å². The minimum atomic E-state index is -0.299. The van der Waals surface area contributed by atoms with Crippen molar-refractivity contribution in [2.45, 2.75) is 19.9 Å². The summed E-state index contributed by atoms with van der Waals surface area (Å²) >= 11 is 3.53. The van der Waals surface area contributed by atoms with E-state index in [0.29, 0.717) is 5.56 Å². The number of ether oxygens (including phenoxy) is 1. The van der Waals surface area contributed by atoms with Gasteiger partial charge in [-0.3, -0.25) is 0 Å². The zero-order valence-corrected chi connectivity index (χ0v) is 13.2. The van der Waals surface area contributed by atoms with Gasteiger partial charge in [0.1, 0.15) is 0 Å². The molecule has 104 valence electrons. The minimum Gasteiger partial charge on any atom is -0.465 e. The van der Waals surface area contributed by atoms with Crippen molar-refractivity contribution in [1.29, 1.82) is 0 Å². The Balaban J connectivity index is 1.98. The van der Waals surface area contributed by atoms with Crippen molar-refractivity contribution in [3.05, 3.63) is 33.8 Å². The molecule has 0 aromatic heterocycles. The lowest BCUT2D eigenvalue weighted by Crippen LogP contribution is -2.21. The number of hydrogen-bond donors (Lipinski definition) is 0. The van der Waals surface area contributed by atoms with E-state index in [1.54, 1.807) is 0 Å². The van der Waals surface area contributed by atoms with E-state index in [4.69, 9.17) is 4.74 Å². The van der Waals surface area contributed by atoms with Gasteiger partial charge >= 0.3 is 5.97 Å². The quantitative estimate of drug-likeness (QED) is 0.778. The predicted molar refractivity (Wildman–Crippen MR) is 79.1 cm³/mol. The first-order valence-corrected chi connectivity index (χ1v) is 7.36. The van der Waals surface area contributed by atoms with Crippen LogP contribution in [-0.2, 0) is 11.3 Å². The Hall–Kier alpha value is -0.870. The summed E-state index contributed by atoms with van der Waals surface area (Å²) in [5, 5.41) is 0. The van der Waals surface area contributed by atoms with Gasteiger partial charge in [0.05, 0.1) is 12.7 Å². The molecule has 19 heavy (non-hydrogen) atoms. The van der Waals surface area contributed by atoms with Crippen molar-refractivity contribution in [2.75, 3.05) is 20.7 Å². The van der Waals surface area contributed by atoms with Crippen LogP contribution in [0.3, 0.4) is 0 Å². The van der Waals surface area contributed by atoms with Gasteiger partial charge in [0, 0.05) is 17.6 Å². The lowest BCUT2D eigenvalue weighted by atomic mass is 10.1. The number of carbonyl (C=O) groups is 1. The normalized spacial score (nSPS) is 21.5. The molecule has 0 spiro atoms. The number of methoxy groups -OCH3 is 1. The van der Waals surface area contributed by atoms with Crippen LogP contribution in [-0.4, -0.2) is 31.6 Å². The summed E-state index contributed by atoms with van der Waals surface area (Å²) in [6.07, 6.45) is 1.35. The monoisotopic (exact) mass is 325 g/mol. The number of nitrogens with zero attached hydrogens (tertiary/aromatic N) is 1. The number of carbonyl (C=O) groups excluding carboxylic acids is 1. The molecule has 1 aliphatic rings. The Bertz CT molecular complexity index is 475. The van der Waals surface area contributed by atoms with Crippen LogP contribution in [0.1, 0.15) is 29.3 Å². The fourth-order valence-electron chi connectivity index (χ4n) is 2.33. The number of hydrogen-bond acceptors (Lipinski definition) is 3. The van der Waals surface area contributed by atoms with Crippen LogP contribution in [0.25, 0.3) is 0 Å². The van der Waals surface area contributed by atoms with Crippen LogP contribution in [0.15, 0.2) is 22.7 Å². The fourth-order valence-corrected chi connectivity index (χ4v) is 2.83. The van der Waals surface area contributed by atoms with Crippen LogP contribution < -0.4 is 0 Å². The largest absolute Gasteiger partial charge is 0.465 e. The minimum absolute atomic E-state index is 0.299. The molecule has 1 aromatic carbocycles. The van der Waals surface area contributed by atoms with Gasteiger partial charge in [-0.2, -0.15) is 0 Å². The van der Waals surface area contributed by atoms with E-state index in [0.717, 1.165) is 29.4 Å². The summed E-state index contributed by atoms with van der Waals surface area (Å²) in [7, 11) is 3.54. The first-order valence-electron chi connectivity index (χ1n) is 6.56. The lowest BCUT2D eigenvalue weighted by Gasteiger charge is -2.17. The highest BCUT2D eigenvalue weighted by Gasteiger charge is 2.33. The molecule has 1 aliphatic carbocycles. The third kappa shape index (κ3) is 3.80. The van der Waals surface area contributed by atoms with E-state index >= 15 is 0 Å². The van der Waals surface area contributed by atoms with Crippen LogP contribution in [0.5, 0.6) is 0 Å². The van der Waals surface area contributed by atoms with Crippen molar-refractivity contribution >= 4 is 21.9 Å². The standard InChI is InChI=1S/C15H20BrNO2/c1-10-6-13(10)9-17(2)8-12-5-4-11(7-14(12)16)15(18)19-3/h4-5,7,10,13H,6,8-9H2,1-3H3. The second-order valence-corrected chi connectivity index (χ2v) is 6.32. The maximum absolute atomic E-state index is 11.4. The van der Waals surface area contributed by atoms with Gasteiger partial charge in [-0.25, -0.2) is 4.79 Å². The van der Waals surface area contributed by atoms with Crippen molar-refractivity contribution < 1.29 is 9.53 Å². The molecule has 0 bridgehead atoms. The Morgan fingerprint density at radius 2 is 2.21 bits per heavy atom. The van der Waals surface area contributed by atoms with Gasteiger partial charge in [-0.1, -0.05) is 28.9 Å². The molecule has 2 atom stereocenters. The second kappa shape index (κ2) is 6.06. The molecule has 2 unspecified atom stereocenters. The Morgan fingerprint density at radius 3 is 2.74 bits per heavy atom. The van der Waals surface area contributed by atoms with Crippen molar-refractivity contribution in [1.82, 2.24) is 4.90 Å². The summed E-state index contributed by atoms with van der Waals surface area (Å²) in [6.45, 7) is 4.34. The molecule has 1 aromatic rings. The molecule has 1 saturated carbocycles. The van der Waals surface area contributed by atoms with E-state index in [1.807, 2.05) is 18.2 Å². The number of esters is 1. The average Bonchev–Trinajstić information content (AvgIpc) is 3.06. The summed E-state index contributed by atoms with van der Waals surface area (Å²) in [5.41, 5.74) is 1.78. The average molecular weight is 326 g/mol. The second-order valence-electron chi connectivity index (χ2n) is 5.47. The highest BCUT2D eigenvalue weighted by molar-refractivity contribution is 9.10. The van der Waals surface area contributed by atoms with Crippen LogP contribution in [0.4, 0.5) is 0 Å². The van der Waals surface area contributed by atoms with Crippen molar-refractivity contribution in [3.8, 4) is 0 Å². The fraction of sp³-hybridized carbons (Fsp3) is 0.533. The summed E-state index contributed by atoms with van der Waals surface area (Å²) in [6, 6.07) is 5.64.